The molecule has 0 saturated heterocycles. The lowest BCUT2D eigenvalue weighted by molar-refractivity contribution is 0.350. The zero-order chi connectivity index (χ0) is 14.6. The van der Waals surface area contributed by atoms with Gasteiger partial charge in [-0.05, 0) is 24.3 Å². The summed E-state index contributed by atoms with van der Waals surface area (Å²) in [6, 6.07) is 5.99. The Morgan fingerprint density at radius 3 is 2.60 bits per heavy atom. The summed E-state index contributed by atoms with van der Waals surface area (Å²) >= 11 is 0. The van der Waals surface area contributed by atoms with Gasteiger partial charge in [0.15, 0.2) is 0 Å². The average Bonchev–Trinajstić information content (AvgIpc) is 2.82. The molecule has 1 aromatic carbocycles. The van der Waals surface area contributed by atoms with Crippen molar-refractivity contribution in [1.29, 1.82) is 0 Å². The molecule has 20 heavy (non-hydrogen) atoms. The van der Waals surface area contributed by atoms with E-state index in [2.05, 4.69) is 26.6 Å². The quantitative estimate of drug-likeness (QED) is 0.774. The zero-order valence-corrected chi connectivity index (χ0v) is 11.4. The summed E-state index contributed by atoms with van der Waals surface area (Å²) in [5.41, 5.74) is 0.622. The highest BCUT2D eigenvalue weighted by molar-refractivity contribution is 7.92. The fraction of sp³-hybridized carbons (Fsp3) is 0.167. The molecule has 0 saturated carbocycles. The molecule has 2 rings (SSSR count). The number of rotatable bonds is 3. The Balaban J connectivity index is 2.24. The molecule has 0 amide bonds. The molecule has 104 valence electrons. The molecule has 2 aromatic rings. The summed E-state index contributed by atoms with van der Waals surface area (Å²) < 4.78 is 27.9. The summed E-state index contributed by atoms with van der Waals surface area (Å²) in [6.07, 6.45) is 1.26. The Labute approximate surface area is 116 Å². The van der Waals surface area contributed by atoms with E-state index in [0.717, 1.165) is 0 Å². The van der Waals surface area contributed by atoms with E-state index in [0.29, 0.717) is 5.56 Å². The van der Waals surface area contributed by atoms with Crippen LogP contribution in [-0.2, 0) is 17.1 Å². The van der Waals surface area contributed by atoms with Crippen molar-refractivity contribution < 1.29 is 13.5 Å². The number of nitrogens with zero attached hydrogens (tertiary/aromatic N) is 3. The maximum Gasteiger partial charge on any atom is 0.264 e. The van der Waals surface area contributed by atoms with Gasteiger partial charge in [-0.15, -0.1) is 0 Å². The van der Waals surface area contributed by atoms with Gasteiger partial charge in [-0.25, -0.2) is 17.8 Å². The summed E-state index contributed by atoms with van der Waals surface area (Å²) in [4.78, 5) is 3.89. The van der Waals surface area contributed by atoms with Crippen molar-refractivity contribution in [3.05, 3.63) is 36.2 Å². The molecule has 0 bridgehead atoms. The molecule has 0 atom stereocenters. The molecule has 2 N–H and O–H groups in total. The van der Waals surface area contributed by atoms with Crippen LogP contribution in [0.15, 0.2) is 35.5 Å². The monoisotopic (exact) mass is 292 g/mol. The highest BCUT2D eigenvalue weighted by Crippen LogP contribution is 2.14. The van der Waals surface area contributed by atoms with E-state index in [-0.39, 0.29) is 17.5 Å². The maximum absolute atomic E-state index is 12.1. The predicted molar refractivity (Wildman–Crippen MR) is 72.2 cm³/mol. The number of benzene rings is 1. The van der Waals surface area contributed by atoms with Crippen LogP contribution in [0, 0.1) is 11.8 Å². The Hall–Kier alpha value is -2.37. The first-order chi connectivity index (χ1) is 9.53. The Morgan fingerprint density at radius 2 is 2.05 bits per heavy atom. The molecule has 8 heteroatoms. The zero-order valence-electron chi connectivity index (χ0n) is 10.6. The van der Waals surface area contributed by atoms with E-state index in [1.807, 2.05) is 0 Å². The summed E-state index contributed by atoms with van der Waals surface area (Å²) in [7, 11) is -2.13. The second-order valence-corrected chi connectivity index (χ2v) is 5.48. The molecule has 0 aliphatic heterocycles. The van der Waals surface area contributed by atoms with Gasteiger partial charge in [0.1, 0.15) is 12.9 Å². The van der Waals surface area contributed by atoms with E-state index in [1.54, 1.807) is 19.2 Å². The number of aliphatic hydroxyl groups excluding tert-OH is 1. The minimum Gasteiger partial charge on any atom is -0.384 e. The molecular formula is C12H12N4O3S. The Morgan fingerprint density at radius 1 is 1.35 bits per heavy atom. The molecule has 0 aliphatic rings. The smallest absolute Gasteiger partial charge is 0.264 e. The summed E-state index contributed by atoms with van der Waals surface area (Å²) in [6.45, 7) is -0.242. The van der Waals surface area contributed by atoms with Crippen molar-refractivity contribution in [1.82, 2.24) is 14.8 Å². The minimum absolute atomic E-state index is 0.0926. The first-order valence-corrected chi connectivity index (χ1v) is 7.08. The second-order valence-electron chi connectivity index (χ2n) is 3.80. The number of aromatic nitrogens is 3. The van der Waals surface area contributed by atoms with Crippen LogP contribution in [0.3, 0.4) is 0 Å². The Kier molecular flexibility index (Phi) is 4.02. The molecule has 0 aliphatic carbocycles. The molecule has 0 spiro atoms. The van der Waals surface area contributed by atoms with Crippen molar-refractivity contribution in [3.8, 4) is 11.8 Å². The molecule has 0 unspecified atom stereocenters. The number of aliphatic hydroxyl groups is 1. The second kappa shape index (κ2) is 5.73. The first kappa shape index (κ1) is 14.0. The number of hydrogen-bond donors (Lipinski definition) is 2. The van der Waals surface area contributed by atoms with E-state index in [4.69, 9.17) is 5.11 Å². The maximum atomic E-state index is 12.1. The van der Waals surface area contributed by atoms with Crippen LogP contribution >= 0.6 is 0 Å². The normalized spacial score (nSPS) is 10.7. The molecule has 7 nitrogen and oxygen atoms in total. The van der Waals surface area contributed by atoms with Gasteiger partial charge in [-0.3, -0.25) is 0 Å². The van der Waals surface area contributed by atoms with Gasteiger partial charge in [0.2, 0.25) is 5.95 Å². The van der Waals surface area contributed by atoms with Gasteiger partial charge < -0.3 is 5.11 Å². The fourth-order valence-corrected chi connectivity index (χ4v) is 2.46. The summed E-state index contributed by atoms with van der Waals surface area (Å²) in [5.74, 6) is 5.30. The van der Waals surface area contributed by atoms with Crippen molar-refractivity contribution >= 4 is 16.0 Å². The van der Waals surface area contributed by atoms with Crippen molar-refractivity contribution in [2.24, 2.45) is 7.05 Å². The number of anilines is 1. The highest BCUT2D eigenvalue weighted by Gasteiger charge is 2.16. The van der Waals surface area contributed by atoms with Gasteiger partial charge in [0.05, 0.1) is 4.90 Å². The molecule has 0 fully saturated rings. The number of nitrogens with one attached hydrogen (secondary N) is 1. The molecular weight excluding hydrogens is 280 g/mol. The van der Waals surface area contributed by atoms with Gasteiger partial charge in [-0.2, -0.15) is 10.1 Å². The largest absolute Gasteiger partial charge is 0.384 e. The van der Waals surface area contributed by atoms with Crippen LogP contribution in [0.1, 0.15) is 5.56 Å². The average molecular weight is 292 g/mol. The standard InChI is InChI=1S/C12H12N4O3S/c1-16-12(13-9-14-16)15-20(18,19)11-6-4-10(5-7-11)3-2-8-17/h4-7,9,17H,8H2,1H3,(H,13,14,15). The lowest BCUT2D eigenvalue weighted by Crippen LogP contribution is -2.16. The van der Waals surface area contributed by atoms with Crippen LogP contribution in [-0.4, -0.2) is 34.9 Å². The van der Waals surface area contributed by atoms with E-state index >= 15 is 0 Å². The summed E-state index contributed by atoms with van der Waals surface area (Å²) in [5, 5.41) is 12.4. The highest BCUT2D eigenvalue weighted by atomic mass is 32.2. The lowest BCUT2D eigenvalue weighted by Gasteiger charge is -2.06. The van der Waals surface area contributed by atoms with Crippen LogP contribution in [0.5, 0.6) is 0 Å². The number of aryl methyl sites for hydroxylation is 1. The SMILES string of the molecule is Cn1ncnc1NS(=O)(=O)c1ccc(C#CCO)cc1. The van der Waals surface area contributed by atoms with E-state index in [9.17, 15) is 8.42 Å². The number of sulfonamides is 1. The fourth-order valence-electron chi connectivity index (χ4n) is 1.43. The van der Waals surface area contributed by atoms with Crippen LogP contribution < -0.4 is 4.72 Å². The number of hydrogen-bond acceptors (Lipinski definition) is 5. The van der Waals surface area contributed by atoms with E-state index < -0.39 is 10.0 Å². The van der Waals surface area contributed by atoms with E-state index in [1.165, 1.54) is 23.1 Å². The third-order valence-corrected chi connectivity index (χ3v) is 3.76. The third kappa shape index (κ3) is 3.14. The predicted octanol–water partition coefficient (Wildman–Crippen LogP) is -0.0403. The van der Waals surface area contributed by atoms with Gasteiger partial charge in [0.25, 0.3) is 10.0 Å². The minimum atomic E-state index is -3.71. The van der Waals surface area contributed by atoms with Gasteiger partial charge >= 0.3 is 0 Å². The molecule has 0 radical (unpaired) electrons. The Bertz CT molecular complexity index is 754. The van der Waals surface area contributed by atoms with Crippen LogP contribution in [0.25, 0.3) is 0 Å². The molecule has 1 heterocycles. The van der Waals surface area contributed by atoms with Crippen molar-refractivity contribution in [2.75, 3.05) is 11.3 Å². The first-order valence-electron chi connectivity index (χ1n) is 5.59. The molecule has 1 aromatic heterocycles. The van der Waals surface area contributed by atoms with Crippen LogP contribution in [0.4, 0.5) is 5.95 Å². The van der Waals surface area contributed by atoms with Crippen molar-refractivity contribution in [3.63, 3.8) is 0 Å². The third-order valence-electron chi connectivity index (χ3n) is 2.41. The van der Waals surface area contributed by atoms with Gasteiger partial charge in [0, 0.05) is 12.6 Å². The van der Waals surface area contributed by atoms with Crippen molar-refractivity contribution in [2.45, 2.75) is 4.90 Å². The van der Waals surface area contributed by atoms with Crippen LogP contribution in [0.2, 0.25) is 0 Å². The lowest BCUT2D eigenvalue weighted by atomic mass is 10.2. The topological polar surface area (TPSA) is 97.1 Å². The van der Waals surface area contributed by atoms with Gasteiger partial charge in [-0.1, -0.05) is 11.8 Å².